The lowest BCUT2D eigenvalue weighted by atomic mass is 9.94. The maximum absolute atomic E-state index is 8.74. The first-order valence-electron chi connectivity index (χ1n) is 5.14. The van der Waals surface area contributed by atoms with Crippen molar-refractivity contribution >= 4 is 28.1 Å². The summed E-state index contributed by atoms with van der Waals surface area (Å²) in [5.41, 5.74) is 5.91. The molecule has 6 heteroatoms. The summed E-state index contributed by atoms with van der Waals surface area (Å²) in [7, 11) is 0. The van der Waals surface area contributed by atoms with Crippen LogP contribution in [0.4, 0.5) is 5.13 Å². The molecule has 0 radical (unpaired) electrons. The third kappa shape index (κ3) is 3.08. The van der Waals surface area contributed by atoms with Gasteiger partial charge in [0.15, 0.2) is 10.3 Å². The molecule has 1 aromatic heterocycles. The zero-order chi connectivity index (χ0) is 12.2. The lowest BCUT2D eigenvalue weighted by molar-refractivity contribution is 0.418. The van der Waals surface area contributed by atoms with Crippen LogP contribution in [0.15, 0.2) is 0 Å². The van der Waals surface area contributed by atoms with E-state index in [0.717, 1.165) is 12.8 Å². The minimum atomic E-state index is -0.231. The summed E-state index contributed by atoms with van der Waals surface area (Å²) in [5, 5.41) is 12.8. The Morgan fingerprint density at radius 2 is 2.19 bits per heavy atom. The molecule has 1 heterocycles. The van der Waals surface area contributed by atoms with Gasteiger partial charge in [-0.1, -0.05) is 36.8 Å². The molecule has 0 spiro atoms. The number of halogens is 1. The van der Waals surface area contributed by atoms with Gasteiger partial charge in [0, 0.05) is 12.1 Å². The molecule has 3 N–H and O–H groups in total. The molecule has 0 fully saturated rings. The highest BCUT2D eigenvalue weighted by atomic mass is 35.5. The van der Waals surface area contributed by atoms with Gasteiger partial charge < -0.3 is 11.1 Å². The first-order valence-corrected chi connectivity index (χ1v) is 6.33. The highest BCUT2D eigenvalue weighted by Gasteiger charge is 2.20. The van der Waals surface area contributed by atoms with E-state index in [1.807, 2.05) is 6.07 Å². The third-order valence-electron chi connectivity index (χ3n) is 2.69. The van der Waals surface area contributed by atoms with Gasteiger partial charge in [0.05, 0.1) is 0 Å². The van der Waals surface area contributed by atoms with Crippen molar-refractivity contribution < 1.29 is 0 Å². The van der Waals surface area contributed by atoms with Gasteiger partial charge in [-0.25, -0.2) is 4.98 Å². The van der Waals surface area contributed by atoms with Crippen LogP contribution in [0.5, 0.6) is 0 Å². The summed E-state index contributed by atoms with van der Waals surface area (Å²) in [6, 6.07) is 1.99. The second-order valence-corrected chi connectivity index (χ2v) is 5.03. The number of nitrogens with zero attached hydrogens (tertiary/aromatic N) is 2. The first kappa shape index (κ1) is 13.2. The molecule has 16 heavy (non-hydrogen) atoms. The van der Waals surface area contributed by atoms with E-state index in [4.69, 9.17) is 22.6 Å². The number of hydrogen-bond acceptors (Lipinski definition) is 5. The van der Waals surface area contributed by atoms with E-state index >= 15 is 0 Å². The van der Waals surface area contributed by atoms with Gasteiger partial charge in [0.1, 0.15) is 10.9 Å². The molecule has 1 rings (SSSR count). The maximum atomic E-state index is 8.74. The number of nitriles is 1. The fourth-order valence-electron chi connectivity index (χ4n) is 1.20. The molecule has 0 saturated heterocycles. The highest BCUT2D eigenvalue weighted by molar-refractivity contribution is 7.16. The van der Waals surface area contributed by atoms with E-state index in [9.17, 15) is 0 Å². The molecule has 0 saturated carbocycles. The Balaban J connectivity index is 2.65. The van der Waals surface area contributed by atoms with Crippen molar-refractivity contribution in [2.75, 3.05) is 11.9 Å². The molecule has 0 bridgehead atoms. The topological polar surface area (TPSA) is 74.7 Å². The van der Waals surface area contributed by atoms with Crippen molar-refractivity contribution in [3.05, 3.63) is 10.0 Å². The highest BCUT2D eigenvalue weighted by Crippen LogP contribution is 2.26. The summed E-state index contributed by atoms with van der Waals surface area (Å²) in [5.74, 6) is 0. The molecule has 0 aliphatic carbocycles. The standard InChI is InChI=1S/C10H15ClN4S/c1-3-10(13,4-2)6-14-9-15-8(11)7(5-12)16-9/h3-4,6,13H2,1-2H3,(H,14,15). The summed E-state index contributed by atoms with van der Waals surface area (Å²) in [4.78, 5) is 4.48. The number of nitrogens with one attached hydrogen (secondary N) is 1. The van der Waals surface area contributed by atoms with Crippen molar-refractivity contribution in [2.45, 2.75) is 32.2 Å². The first-order chi connectivity index (χ1) is 7.54. The van der Waals surface area contributed by atoms with E-state index in [0.29, 0.717) is 16.6 Å². The van der Waals surface area contributed by atoms with Crippen molar-refractivity contribution in [1.82, 2.24) is 4.98 Å². The SMILES string of the molecule is CCC(N)(CC)CNc1nc(Cl)c(C#N)s1. The predicted octanol–water partition coefficient (Wildman–Crippen LogP) is 2.60. The number of anilines is 1. The van der Waals surface area contributed by atoms with E-state index in [-0.39, 0.29) is 10.7 Å². The molecular formula is C10H15ClN4S. The summed E-state index contributed by atoms with van der Waals surface area (Å²) < 4.78 is 0. The monoisotopic (exact) mass is 258 g/mol. The van der Waals surface area contributed by atoms with Gasteiger partial charge in [-0.05, 0) is 12.8 Å². The zero-order valence-corrected chi connectivity index (χ0v) is 11.0. The van der Waals surface area contributed by atoms with E-state index in [1.54, 1.807) is 0 Å². The number of thiazole rings is 1. The van der Waals surface area contributed by atoms with Gasteiger partial charge in [-0.3, -0.25) is 0 Å². The molecule has 88 valence electrons. The Bertz CT molecular complexity index is 392. The van der Waals surface area contributed by atoms with Crippen LogP contribution in [-0.4, -0.2) is 17.1 Å². The molecule has 0 aliphatic heterocycles. The van der Waals surface area contributed by atoms with E-state index in [1.165, 1.54) is 11.3 Å². The number of nitrogens with two attached hydrogens (primary N) is 1. The van der Waals surface area contributed by atoms with Crippen LogP contribution in [0.2, 0.25) is 5.15 Å². The molecule has 0 aromatic carbocycles. The number of aromatic nitrogens is 1. The fraction of sp³-hybridized carbons (Fsp3) is 0.600. The maximum Gasteiger partial charge on any atom is 0.185 e. The lowest BCUT2D eigenvalue weighted by Gasteiger charge is -2.26. The van der Waals surface area contributed by atoms with Crippen molar-refractivity contribution in [3.8, 4) is 6.07 Å². The largest absolute Gasteiger partial charge is 0.360 e. The van der Waals surface area contributed by atoms with Gasteiger partial charge >= 0.3 is 0 Å². The Morgan fingerprint density at radius 3 is 2.62 bits per heavy atom. The average Bonchev–Trinajstić information content (AvgIpc) is 2.67. The van der Waals surface area contributed by atoms with Gasteiger partial charge in [-0.2, -0.15) is 5.26 Å². The molecule has 1 aromatic rings. The minimum Gasteiger partial charge on any atom is -0.360 e. The molecule has 0 amide bonds. The quantitative estimate of drug-likeness (QED) is 0.851. The second kappa shape index (κ2) is 5.48. The van der Waals surface area contributed by atoms with Crippen LogP contribution in [0.25, 0.3) is 0 Å². The number of rotatable bonds is 5. The summed E-state index contributed by atoms with van der Waals surface area (Å²) in [6.45, 7) is 4.75. The molecule has 0 aliphatic rings. The van der Waals surface area contributed by atoms with Gasteiger partial charge in [-0.15, -0.1) is 0 Å². The Labute approximate surface area is 104 Å². The third-order valence-corrected chi connectivity index (χ3v) is 3.99. The molecule has 0 unspecified atom stereocenters. The Hall–Kier alpha value is -0.830. The van der Waals surface area contributed by atoms with Gasteiger partial charge in [0.2, 0.25) is 0 Å². The number of hydrogen-bond donors (Lipinski definition) is 2. The van der Waals surface area contributed by atoms with Crippen LogP contribution in [0.1, 0.15) is 31.6 Å². The Morgan fingerprint density at radius 1 is 1.56 bits per heavy atom. The predicted molar refractivity (Wildman–Crippen MR) is 67.8 cm³/mol. The van der Waals surface area contributed by atoms with Crippen LogP contribution < -0.4 is 11.1 Å². The van der Waals surface area contributed by atoms with E-state index < -0.39 is 0 Å². The fourth-order valence-corrected chi connectivity index (χ4v) is 2.14. The minimum absolute atomic E-state index is 0.231. The summed E-state index contributed by atoms with van der Waals surface area (Å²) in [6.07, 6.45) is 1.78. The van der Waals surface area contributed by atoms with Crippen LogP contribution in [0.3, 0.4) is 0 Å². The van der Waals surface area contributed by atoms with Crippen LogP contribution in [0, 0.1) is 11.3 Å². The lowest BCUT2D eigenvalue weighted by Crippen LogP contribution is -2.45. The summed E-state index contributed by atoms with van der Waals surface area (Å²) >= 11 is 7.02. The van der Waals surface area contributed by atoms with E-state index in [2.05, 4.69) is 24.1 Å². The van der Waals surface area contributed by atoms with Crippen molar-refractivity contribution in [2.24, 2.45) is 5.73 Å². The molecule has 4 nitrogen and oxygen atoms in total. The smallest absolute Gasteiger partial charge is 0.185 e. The van der Waals surface area contributed by atoms with Crippen LogP contribution in [-0.2, 0) is 0 Å². The van der Waals surface area contributed by atoms with Crippen molar-refractivity contribution in [3.63, 3.8) is 0 Å². The second-order valence-electron chi connectivity index (χ2n) is 3.67. The average molecular weight is 259 g/mol. The molecule has 0 atom stereocenters. The normalized spacial score (nSPS) is 11.2. The van der Waals surface area contributed by atoms with Crippen molar-refractivity contribution in [1.29, 1.82) is 5.26 Å². The van der Waals surface area contributed by atoms with Gasteiger partial charge in [0.25, 0.3) is 0 Å². The molecular weight excluding hydrogens is 244 g/mol. The Kier molecular flexibility index (Phi) is 4.54. The van der Waals surface area contributed by atoms with Crippen LogP contribution >= 0.6 is 22.9 Å². The zero-order valence-electron chi connectivity index (χ0n) is 9.38.